The first kappa shape index (κ1) is 17.1. The number of thioether (sulfide) groups is 1. The molecule has 1 unspecified atom stereocenters. The Morgan fingerprint density at radius 3 is 3.00 bits per heavy atom. The maximum Gasteiger partial charge on any atom is 0.158 e. The molecule has 0 aliphatic carbocycles. The predicted octanol–water partition coefficient (Wildman–Crippen LogP) is 3.74. The number of aliphatic imine (C=N–C) groups is 1. The Bertz CT molecular complexity index is 727. The summed E-state index contributed by atoms with van der Waals surface area (Å²) >= 11 is 1.36. The molecule has 0 amide bonds. The summed E-state index contributed by atoms with van der Waals surface area (Å²) in [4.78, 5) is 4.50. The molecule has 1 atom stereocenters. The first-order chi connectivity index (χ1) is 10.5. The summed E-state index contributed by atoms with van der Waals surface area (Å²) in [6, 6.07) is 8.04. The lowest BCUT2D eigenvalue weighted by molar-refractivity contribution is 0.195. The third-order valence-electron chi connectivity index (χ3n) is 3.17. The van der Waals surface area contributed by atoms with Crippen molar-refractivity contribution in [2.24, 2.45) is 4.99 Å². The van der Waals surface area contributed by atoms with Crippen LogP contribution in [0.5, 0.6) is 0 Å². The molecule has 0 spiro atoms. The lowest BCUT2D eigenvalue weighted by Crippen LogP contribution is -2.14. The summed E-state index contributed by atoms with van der Waals surface area (Å²) in [6.45, 7) is 2.72. The number of methoxy groups -OCH3 is 1. The highest BCUT2D eigenvalue weighted by atomic mass is 32.3. The fraction of sp³-hybridized carbons (Fsp3) is 0.353. The molecule has 1 aromatic carbocycles. The molecule has 118 valence electrons. The van der Waals surface area contributed by atoms with Gasteiger partial charge in [0.25, 0.3) is 0 Å². The van der Waals surface area contributed by atoms with Gasteiger partial charge in [-0.2, -0.15) is 0 Å². The Balaban J connectivity index is 2.11. The zero-order valence-electron chi connectivity index (χ0n) is 13.0. The fourth-order valence-corrected chi connectivity index (χ4v) is 4.73. The third kappa shape index (κ3) is 4.89. The van der Waals surface area contributed by atoms with E-state index < -0.39 is 9.52 Å². The molecule has 1 aliphatic rings. The van der Waals surface area contributed by atoms with Crippen molar-refractivity contribution in [3.05, 3.63) is 52.2 Å². The van der Waals surface area contributed by atoms with Gasteiger partial charge in [-0.15, -0.1) is 0 Å². The summed E-state index contributed by atoms with van der Waals surface area (Å²) in [5, 5.41) is 1.82. The van der Waals surface area contributed by atoms with Crippen molar-refractivity contribution in [1.29, 1.82) is 0 Å². The van der Waals surface area contributed by atoms with Crippen LogP contribution in [-0.4, -0.2) is 28.2 Å². The van der Waals surface area contributed by atoms with E-state index in [1.807, 2.05) is 36.6 Å². The quantitative estimate of drug-likeness (QED) is 0.452. The maximum atomic E-state index is 12.9. The average molecular weight is 335 g/mol. The predicted molar refractivity (Wildman–Crippen MR) is 97.9 cm³/mol. The van der Waals surface area contributed by atoms with Crippen molar-refractivity contribution < 1.29 is 8.95 Å². The second-order valence-electron chi connectivity index (χ2n) is 5.25. The zero-order chi connectivity index (χ0) is 16.0. The summed E-state index contributed by atoms with van der Waals surface area (Å²) in [5.41, 5.74) is 6.13. The van der Waals surface area contributed by atoms with Crippen LogP contribution < -0.4 is 0 Å². The smallest absolute Gasteiger partial charge is 0.158 e. The van der Waals surface area contributed by atoms with Gasteiger partial charge in [0, 0.05) is 34.4 Å². The molecule has 0 saturated carbocycles. The fourth-order valence-electron chi connectivity index (χ4n) is 2.13. The minimum absolute atomic E-state index is 0.416. The molecular weight excluding hydrogens is 314 g/mol. The normalized spacial score (nSPS) is 16.8. The van der Waals surface area contributed by atoms with Gasteiger partial charge in [-0.3, -0.25) is 4.21 Å². The molecule has 0 saturated heterocycles. The average Bonchev–Trinajstić information content (AvgIpc) is 2.47. The summed E-state index contributed by atoms with van der Waals surface area (Å²) in [6.07, 6.45) is 1.65. The van der Waals surface area contributed by atoms with Crippen LogP contribution in [0.1, 0.15) is 24.0 Å². The van der Waals surface area contributed by atoms with Crippen LogP contribution in [0.2, 0.25) is 0 Å². The summed E-state index contributed by atoms with van der Waals surface area (Å²) in [5.74, 6) is 4.36. The van der Waals surface area contributed by atoms with Gasteiger partial charge >= 0.3 is 0 Å². The van der Waals surface area contributed by atoms with E-state index in [-0.39, 0.29) is 0 Å². The van der Waals surface area contributed by atoms with Crippen LogP contribution in [0.4, 0.5) is 0 Å². The summed E-state index contributed by atoms with van der Waals surface area (Å²) < 4.78 is 18.6. The lowest BCUT2D eigenvalue weighted by atomic mass is 10.2. The number of hydrogen-bond donors (Lipinski definition) is 0. The molecule has 0 fully saturated rings. The highest BCUT2D eigenvalue weighted by Crippen LogP contribution is 2.23. The monoisotopic (exact) mass is 335 g/mol. The number of ether oxygens (including phenoxy) is 1. The Morgan fingerprint density at radius 2 is 2.27 bits per heavy atom. The van der Waals surface area contributed by atoms with Crippen molar-refractivity contribution >= 4 is 31.5 Å². The number of benzene rings is 1. The van der Waals surface area contributed by atoms with Gasteiger partial charge in [0.2, 0.25) is 0 Å². The van der Waals surface area contributed by atoms with Crippen molar-refractivity contribution in [2.45, 2.75) is 25.5 Å². The highest BCUT2D eigenvalue weighted by molar-refractivity contribution is 8.39. The Hall–Kier alpha value is -1.26. The van der Waals surface area contributed by atoms with Crippen LogP contribution in [-0.2, 0) is 20.0 Å². The van der Waals surface area contributed by atoms with Crippen molar-refractivity contribution in [2.75, 3.05) is 13.7 Å². The van der Waals surface area contributed by atoms with Gasteiger partial charge in [-0.05, 0) is 31.2 Å². The highest BCUT2D eigenvalue weighted by Gasteiger charge is 2.17. The largest absolute Gasteiger partial charge is 0.385 e. The van der Waals surface area contributed by atoms with E-state index in [4.69, 9.17) is 4.74 Å². The van der Waals surface area contributed by atoms with Gasteiger partial charge in [-0.1, -0.05) is 47.3 Å². The molecule has 0 N–H and O–H groups in total. The van der Waals surface area contributed by atoms with Gasteiger partial charge in [0.15, 0.2) is 4.38 Å². The van der Waals surface area contributed by atoms with Gasteiger partial charge in [0.1, 0.15) is 0 Å². The first-order valence-corrected chi connectivity index (χ1v) is 9.88. The number of aryl methyl sites for hydroxylation is 1. The van der Waals surface area contributed by atoms with Gasteiger partial charge in [-0.25, -0.2) is 4.99 Å². The number of rotatable bonds is 6. The zero-order valence-corrected chi connectivity index (χ0v) is 14.6. The van der Waals surface area contributed by atoms with E-state index in [0.717, 1.165) is 29.7 Å². The molecular formula is C17H21NO2S2. The molecule has 0 aromatic heterocycles. The molecule has 1 aromatic rings. The van der Waals surface area contributed by atoms with E-state index in [9.17, 15) is 4.21 Å². The maximum absolute atomic E-state index is 12.9. The Labute approximate surface area is 137 Å². The lowest BCUT2D eigenvalue weighted by Gasteiger charge is -2.13. The van der Waals surface area contributed by atoms with Crippen LogP contribution >= 0.6 is 11.8 Å². The molecule has 1 aliphatic heterocycles. The van der Waals surface area contributed by atoms with Gasteiger partial charge < -0.3 is 4.74 Å². The van der Waals surface area contributed by atoms with Crippen LogP contribution in [0.25, 0.3) is 0 Å². The molecule has 2 rings (SSSR count). The standard InChI is InChI=1S/C17H21NO2S2/c1-14-6-4-7-15(12-14)13-22(3,19)17-18-16(9-11-21-17)8-5-10-20-2/h4,6-7,11-12H,3,5,8,10,13H2,1-2H3. The Kier molecular flexibility index (Phi) is 6.09. The molecule has 0 bridgehead atoms. The SMILES string of the molecule is C=S(=O)(Cc1cccc(C)c1)C1=NC(CCCOC)=C=CS1. The van der Waals surface area contributed by atoms with E-state index in [1.165, 1.54) is 11.8 Å². The van der Waals surface area contributed by atoms with E-state index in [0.29, 0.717) is 16.7 Å². The second kappa shape index (κ2) is 7.84. The topological polar surface area (TPSA) is 38.7 Å². The van der Waals surface area contributed by atoms with Crippen molar-refractivity contribution in [3.63, 3.8) is 0 Å². The molecule has 3 nitrogen and oxygen atoms in total. The van der Waals surface area contributed by atoms with Crippen LogP contribution in [0.3, 0.4) is 0 Å². The minimum atomic E-state index is -2.43. The summed E-state index contributed by atoms with van der Waals surface area (Å²) in [7, 11) is -0.746. The number of nitrogens with zero attached hydrogens (tertiary/aromatic N) is 1. The first-order valence-electron chi connectivity index (χ1n) is 7.10. The van der Waals surface area contributed by atoms with E-state index in [1.54, 1.807) is 7.11 Å². The molecule has 5 heteroatoms. The Morgan fingerprint density at radius 1 is 1.45 bits per heavy atom. The molecule has 1 heterocycles. The number of hydrogen-bond acceptors (Lipinski definition) is 4. The third-order valence-corrected chi connectivity index (χ3v) is 6.43. The van der Waals surface area contributed by atoms with Crippen molar-refractivity contribution in [1.82, 2.24) is 0 Å². The molecule has 0 radical (unpaired) electrons. The van der Waals surface area contributed by atoms with Gasteiger partial charge in [0.05, 0.1) is 5.70 Å². The van der Waals surface area contributed by atoms with Crippen LogP contribution in [0, 0.1) is 6.92 Å². The van der Waals surface area contributed by atoms with E-state index >= 15 is 0 Å². The second-order valence-corrected chi connectivity index (χ2v) is 8.66. The minimum Gasteiger partial charge on any atom is -0.385 e. The number of allylic oxidation sites excluding steroid dienone is 1. The van der Waals surface area contributed by atoms with Crippen molar-refractivity contribution in [3.8, 4) is 0 Å². The van der Waals surface area contributed by atoms with Crippen LogP contribution in [0.15, 0.2) is 46.1 Å². The van der Waals surface area contributed by atoms with E-state index in [2.05, 4.69) is 16.6 Å². The molecule has 22 heavy (non-hydrogen) atoms.